The van der Waals surface area contributed by atoms with E-state index in [1.54, 1.807) is 0 Å². The van der Waals surface area contributed by atoms with Crippen LogP contribution in [0.15, 0.2) is 0 Å². The fourth-order valence-corrected chi connectivity index (χ4v) is 3.28. The molecule has 0 radical (unpaired) electrons. The zero-order valence-electron chi connectivity index (χ0n) is 13.0. The highest BCUT2D eigenvalue weighted by atomic mass is 15.3. The molecule has 0 amide bonds. The molecule has 0 spiro atoms. The Morgan fingerprint density at radius 1 is 1.10 bits per heavy atom. The van der Waals surface area contributed by atoms with E-state index in [2.05, 4.69) is 35.9 Å². The van der Waals surface area contributed by atoms with Crippen molar-refractivity contribution in [3.05, 3.63) is 11.4 Å². The fourth-order valence-electron chi connectivity index (χ4n) is 3.28. The normalized spacial score (nSPS) is 22.2. The lowest BCUT2D eigenvalue weighted by molar-refractivity contribution is 0.454. The van der Waals surface area contributed by atoms with E-state index in [-0.39, 0.29) is 0 Å². The van der Waals surface area contributed by atoms with Gasteiger partial charge in [-0.2, -0.15) is 5.10 Å². The first kappa shape index (κ1) is 15.2. The van der Waals surface area contributed by atoms with E-state index in [0.29, 0.717) is 12.0 Å². The SMILES string of the molecule is CCc1nnc(N(CC)C2CCCC2CN)nc1CC. The number of rotatable bonds is 6. The van der Waals surface area contributed by atoms with Crippen LogP contribution in [-0.2, 0) is 12.8 Å². The molecule has 1 aromatic heterocycles. The minimum atomic E-state index is 0.476. The molecule has 20 heavy (non-hydrogen) atoms. The Kier molecular flexibility index (Phi) is 5.29. The van der Waals surface area contributed by atoms with Crippen LogP contribution in [0.2, 0.25) is 0 Å². The van der Waals surface area contributed by atoms with Crippen molar-refractivity contribution < 1.29 is 0 Å². The molecule has 5 heteroatoms. The van der Waals surface area contributed by atoms with Crippen LogP contribution in [0.1, 0.15) is 51.4 Å². The van der Waals surface area contributed by atoms with Crippen molar-refractivity contribution in [1.82, 2.24) is 15.2 Å². The smallest absolute Gasteiger partial charge is 0.245 e. The molecule has 2 N–H and O–H groups in total. The molecule has 0 bridgehead atoms. The quantitative estimate of drug-likeness (QED) is 0.860. The van der Waals surface area contributed by atoms with Gasteiger partial charge in [0.05, 0.1) is 11.4 Å². The Morgan fingerprint density at radius 2 is 1.85 bits per heavy atom. The maximum Gasteiger partial charge on any atom is 0.245 e. The maximum atomic E-state index is 5.91. The van der Waals surface area contributed by atoms with Crippen molar-refractivity contribution in [3.8, 4) is 0 Å². The summed E-state index contributed by atoms with van der Waals surface area (Å²) in [5, 5.41) is 8.74. The molecule has 0 saturated heterocycles. The summed E-state index contributed by atoms with van der Waals surface area (Å²) in [5.41, 5.74) is 8.02. The van der Waals surface area contributed by atoms with Crippen LogP contribution in [-0.4, -0.2) is 34.3 Å². The van der Waals surface area contributed by atoms with Gasteiger partial charge in [0.25, 0.3) is 0 Å². The third-order valence-electron chi connectivity index (χ3n) is 4.42. The largest absolute Gasteiger partial charge is 0.336 e. The van der Waals surface area contributed by atoms with E-state index in [9.17, 15) is 0 Å². The summed E-state index contributed by atoms with van der Waals surface area (Å²) in [6.07, 6.45) is 5.47. The van der Waals surface area contributed by atoms with Gasteiger partial charge < -0.3 is 10.6 Å². The lowest BCUT2D eigenvalue weighted by Crippen LogP contribution is -2.41. The highest BCUT2D eigenvalue weighted by Crippen LogP contribution is 2.31. The molecule has 112 valence electrons. The number of aryl methyl sites for hydroxylation is 2. The van der Waals surface area contributed by atoms with Crippen LogP contribution in [0.5, 0.6) is 0 Å². The first-order chi connectivity index (χ1) is 9.74. The second-order valence-electron chi connectivity index (χ2n) is 5.49. The van der Waals surface area contributed by atoms with Crippen LogP contribution in [0.25, 0.3) is 0 Å². The lowest BCUT2D eigenvalue weighted by atomic mass is 10.0. The minimum absolute atomic E-state index is 0.476. The first-order valence-corrected chi connectivity index (χ1v) is 7.94. The van der Waals surface area contributed by atoms with E-state index in [0.717, 1.165) is 43.3 Å². The van der Waals surface area contributed by atoms with Crippen molar-refractivity contribution in [3.63, 3.8) is 0 Å². The van der Waals surface area contributed by atoms with Gasteiger partial charge in [-0.1, -0.05) is 20.3 Å². The molecule has 1 fully saturated rings. The Hall–Kier alpha value is -1.23. The summed E-state index contributed by atoms with van der Waals surface area (Å²) in [4.78, 5) is 7.06. The Morgan fingerprint density at radius 3 is 2.45 bits per heavy atom. The van der Waals surface area contributed by atoms with Crippen LogP contribution in [0, 0.1) is 5.92 Å². The molecule has 2 rings (SSSR count). The van der Waals surface area contributed by atoms with Crippen LogP contribution < -0.4 is 10.6 Å². The number of nitrogens with zero attached hydrogens (tertiary/aromatic N) is 4. The van der Waals surface area contributed by atoms with Gasteiger partial charge in [0.1, 0.15) is 0 Å². The molecule has 5 nitrogen and oxygen atoms in total. The summed E-state index contributed by atoms with van der Waals surface area (Å²) in [6, 6.07) is 0.476. The average Bonchev–Trinajstić information content (AvgIpc) is 2.96. The molecule has 1 aromatic rings. The summed E-state index contributed by atoms with van der Waals surface area (Å²) in [7, 11) is 0. The molecule has 2 atom stereocenters. The number of hydrogen-bond donors (Lipinski definition) is 1. The highest BCUT2D eigenvalue weighted by molar-refractivity contribution is 5.33. The molecule has 0 aliphatic heterocycles. The Labute approximate surface area is 122 Å². The number of hydrogen-bond acceptors (Lipinski definition) is 5. The number of aromatic nitrogens is 3. The molecule has 2 unspecified atom stereocenters. The minimum Gasteiger partial charge on any atom is -0.336 e. The van der Waals surface area contributed by atoms with E-state index < -0.39 is 0 Å². The maximum absolute atomic E-state index is 5.91. The predicted molar refractivity (Wildman–Crippen MR) is 81.8 cm³/mol. The molecule has 1 aliphatic carbocycles. The third kappa shape index (κ3) is 2.92. The summed E-state index contributed by atoms with van der Waals surface area (Å²) in [6.45, 7) is 8.05. The second kappa shape index (κ2) is 6.97. The van der Waals surface area contributed by atoms with Gasteiger partial charge in [0.2, 0.25) is 5.95 Å². The second-order valence-corrected chi connectivity index (χ2v) is 5.49. The average molecular weight is 277 g/mol. The van der Waals surface area contributed by atoms with Gasteiger partial charge in [-0.25, -0.2) is 4.98 Å². The molecule has 1 heterocycles. The van der Waals surface area contributed by atoms with Gasteiger partial charge in [0.15, 0.2) is 0 Å². The molecular formula is C15H27N5. The third-order valence-corrected chi connectivity index (χ3v) is 4.42. The summed E-state index contributed by atoms with van der Waals surface area (Å²) >= 11 is 0. The molecule has 1 aliphatic rings. The lowest BCUT2D eigenvalue weighted by Gasteiger charge is -2.31. The van der Waals surface area contributed by atoms with Crippen molar-refractivity contribution in [1.29, 1.82) is 0 Å². The topological polar surface area (TPSA) is 67.9 Å². The predicted octanol–water partition coefficient (Wildman–Crippen LogP) is 1.95. The van der Waals surface area contributed by atoms with E-state index in [1.165, 1.54) is 19.3 Å². The van der Waals surface area contributed by atoms with Crippen LogP contribution >= 0.6 is 0 Å². The first-order valence-electron chi connectivity index (χ1n) is 7.94. The fraction of sp³-hybridized carbons (Fsp3) is 0.800. The van der Waals surface area contributed by atoms with E-state index >= 15 is 0 Å². The molecular weight excluding hydrogens is 250 g/mol. The van der Waals surface area contributed by atoms with Gasteiger partial charge in [-0.15, -0.1) is 5.10 Å². The van der Waals surface area contributed by atoms with Crippen LogP contribution in [0.4, 0.5) is 5.95 Å². The van der Waals surface area contributed by atoms with Crippen molar-refractivity contribution >= 4 is 5.95 Å². The van der Waals surface area contributed by atoms with Gasteiger partial charge in [0, 0.05) is 12.6 Å². The molecule has 0 aromatic carbocycles. The van der Waals surface area contributed by atoms with Crippen molar-refractivity contribution in [2.75, 3.05) is 18.0 Å². The van der Waals surface area contributed by atoms with Gasteiger partial charge in [-0.05, 0) is 45.1 Å². The number of nitrogens with two attached hydrogens (primary N) is 1. The van der Waals surface area contributed by atoms with Crippen molar-refractivity contribution in [2.45, 2.75) is 58.9 Å². The zero-order valence-corrected chi connectivity index (χ0v) is 13.0. The van der Waals surface area contributed by atoms with E-state index in [1.807, 2.05) is 0 Å². The van der Waals surface area contributed by atoms with Crippen LogP contribution in [0.3, 0.4) is 0 Å². The summed E-state index contributed by atoms with van der Waals surface area (Å²) < 4.78 is 0. The van der Waals surface area contributed by atoms with Gasteiger partial charge in [-0.3, -0.25) is 0 Å². The standard InChI is InChI=1S/C15H27N5/c1-4-12-13(5-2)18-19-15(17-12)20(6-3)14-9-7-8-11(14)10-16/h11,14H,4-10,16H2,1-3H3. The Bertz CT molecular complexity index is 434. The molecule has 1 saturated carbocycles. The zero-order chi connectivity index (χ0) is 14.5. The number of anilines is 1. The van der Waals surface area contributed by atoms with E-state index in [4.69, 9.17) is 10.7 Å². The van der Waals surface area contributed by atoms with Gasteiger partial charge >= 0.3 is 0 Å². The Balaban J connectivity index is 2.27. The van der Waals surface area contributed by atoms with Crippen molar-refractivity contribution in [2.24, 2.45) is 11.7 Å². The summed E-state index contributed by atoms with van der Waals surface area (Å²) in [5.74, 6) is 1.35. The monoisotopic (exact) mass is 277 g/mol. The highest BCUT2D eigenvalue weighted by Gasteiger charge is 2.32.